The first-order valence-electron chi connectivity index (χ1n) is 8.62. The lowest BCUT2D eigenvalue weighted by atomic mass is 9.99. The fraction of sp³-hybridized carbons (Fsp3) is 0.381. The molecule has 2 aromatic carbocycles. The predicted molar refractivity (Wildman–Crippen MR) is 103 cm³/mol. The van der Waals surface area contributed by atoms with Crippen LogP contribution in [-0.2, 0) is 4.79 Å². The van der Waals surface area contributed by atoms with Crippen molar-refractivity contribution in [2.45, 2.75) is 53.2 Å². The second kappa shape index (κ2) is 8.39. The minimum absolute atomic E-state index is 0.0233. The van der Waals surface area contributed by atoms with Crippen LogP contribution < -0.4 is 10.1 Å². The van der Waals surface area contributed by atoms with Crippen LogP contribution in [0.25, 0.3) is 0 Å². The van der Waals surface area contributed by atoms with Gasteiger partial charge in [0.05, 0.1) is 6.04 Å². The highest BCUT2D eigenvalue weighted by atomic mass is 35.5. The molecule has 0 aliphatic carbocycles. The van der Waals surface area contributed by atoms with Crippen molar-refractivity contribution < 1.29 is 9.53 Å². The number of amides is 1. The molecule has 0 bridgehead atoms. The number of ether oxygens (including phenoxy) is 1. The number of hydrogen-bond acceptors (Lipinski definition) is 2. The van der Waals surface area contributed by atoms with Crippen LogP contribution >= 0.6 is 11.6 Å². The van der Waals surface area contributed by atoms with Crippen molar-refractivity contribution in [3.8, 4) is 5.75 Å². The highest BCUT2D eigenvalue weighted by molar-refractivity contribution is 6.31. The van der Waals surface area contributed by atoms with Gasteiger partial charge in [-0.15, -0.1) is 0 Å². The van der Waals surface area contributed by atoms with Gasteiger partial charge in [0.2, 0.25) is 0 Å². The summed E-state index contributed by atoms with van der Waals surface area (Å²) in [5.74, 6) is 0.515. The highest BCUT2D eigenvalue weighted by Gasteiger charge is 2.19. The summed E-state index contributed by atoms with van der Waals surface area (Å²) in [7, 11) is 0. The molecule has 1 N–H and O–H groups in total. The zero-order valence-corrected chi connectivity index (χ0v) is 16.3. The summed E-state index contributed by atoms with van der Waals surface area (Å²) in [5, 5.41) is 3.77. The van der Waals surface area contributed by atoms with Gasteiger partial charge in [0.15, 0.2) is 6.10 Å². The third-order valence-electron chi connectivity index (χ3n) is 4.47. The summed E-state index contributed by atoms with van der Waals surface area (Å²) in [6.07, 6.45) is 0.238. The second-order valence-corrected chi connectivity index (χ2v) is 6.89. The molecule has 25 heavy (non-hydrogen) atoms. The summed E-state index contributed by atoms with van der Waals surface area (Å²) in [6.45, 7) is 9.90. The number of benzene rings is 2. The van der Waals surface area contributed by atoms with E-state index in [0.717, 1.165) is 17.5 Å². The maximum absolute atomic E-state index is 12.5. The number of nitrogens with one attached hydrogen (secondary N) is 1. The molecule has 0 aromatic heterocycles. The van der Waals surface area contributed by atoms with E-state index < -0.39 is 6.10 Å². The zero-order chi connectivity index (χ0) is 18.6. The van der Waals surface area contributed by atoms with Crippen molar-refractivity contribution in [3.05, 3.63) is 63.7 Å². The van der Waals surface area contributed by atoms with Crippen molar-refractivity contribution in [2.75, 3.05) is 0 Å². The Hall–Kier alpha value is -2.00. The van der Waals surface area contributed by atoms with E-state index in [1.54, 1.807) is 19.1 Å². The van der Waals surface area contributed by atoms with Gasteiger partial charge in [-0.3, -0.25) is 4.79 Å². The molecule has 0 saturated heterocycles. The van der Waals surface area contributed by atoms with Gasteiger partial charge >= 0.3 is 0 Å². The van der Waals surface area contributed by atoms with E-state index in [0.29, 0.717) is 10.8 Å². The Morgan fingerprint density at radius 3 is 2.40 bits per heavy atom. The van der Waals surface area contributed by atoms with E-state index in [-0.39, 0.29) is 11.9 Å². The first-order chi connectivity index (χ1) is 11.8. The Balaban J connectivity index is 2.05. The molecule has 1 amide bonds. The fourth-order valence-electron chi connectivity index (χ4n) is 2.64. The first-order valence-corrected chi connectivity index (χ1v) is 9.00. The quantitative estimate of drug-likeness (QED) is 0.760. The molecule has 4 heteroatoms. The van der Waals surface area contributed by atoms with Crippen LogP contribution in [0.4, 0.5) is 0 Å². The van der Waals surface area contributed by atoms with Crippen LogP contribution in [0.1, 0.15) is 48.6 Å². The van der Waals surface area contributed by atoms with Crippen LogP contribution in [0.15, 0.2) is 36.4 Å². The lowest BCUT2D eigenvalue weighted by Gasteiger charge is -2.22. The van der Waals surface area contributed by atoms with Gasteiger partial charge < -0.3 is 10.1 Å². The Kier molecular flexibility index (Phi) is 6.49. The van der Waals surface area contributed by atoms with Crippen LogP contribution in [0.2, 0.25) is 5.02 Å². The van der Waals surface area contributed by atoms with E-state index in [1.807, 2.05) is 13.0 Å². The van der Waals surface area contributed by atoms with Crippen molar-refractivity contribution >= 4 is 17.5 Å². The van der Waals surface area contributed by atoms with E-state index in [2.05, 4.69) is 44.3 Å². The largest absolute Gasteiger partial charge is 0.481 e. The lowest BCUT2D eigenvalue weighted by molar-refractivity contribution is -0.128. The molecule has 0 radical (unpaired) electrons. The number of halogens is 1. The summed E-state index contributed by atoms with van der Waals surface area (Å²) in [4.78, 5) is 12.5. The fourth-order valence-corrected chi connectivity index (χ4v) is 2.76. The van der Waals surface area contributed by atoms with Gasteiger partial charge in [0.1, 0.15) is 5.75 Å². The number of carbonyl (C=O) groups is 1. The second-order valence-electron chi connectivity index (χ2n) is 6.48. The van der Waals surface area contributed by atoms with E-state index in [9.17, 15) is 4.79 Å². The standard InChI is InChI=1S/C21H26ClNO2/c1-6-20(17-8-7-13(2)14(3)11-17)23-21(24)16(5)25-18-9-10-19(22)15(4)12-18/h7-12,16,20H,6H2,1-5H3,(H,23,24)/t16-,20-/m1/s1. The lowest BCUT2D eigenvalue weighted by Crippen LogP contribution is -2.38. The smallest absolute Gasteiger partial charge is 0.261 e. The van der Waals surface area contributed by atoms with Crippen LogP contribution in [0.3, 0.4) is 0 Å². The van der Waals surface area contributed by atoms with Crippen molar-refractivity contribution in [1.82, 2.24) is 5.32 Å². The Morgan fingerprint density at radius 1 is 1.08 bits per heavy atom. The van der Waals surface area contributed by atoms with Gasteiger partial charge in [0.25, 0.3) is 5.91 Å². The number of hydrogen-bond donors (Lipinski definition) is 1. The third-order valence-corrected chi connectivity index (χ3v) is 4.89. The van der Waals surface area contributed by atoms with E-state index in [4.69, 9.17) is 16.3 Å². The predicted octanol–water partition coefficient (Wildman–Crippen LogP) is 5.30. The molecular formula is C21H26ClNO2. The topological polar surface area (TPSA) is 38.3 Å². The first kappa shape index (κ1) is 19.3. The molecule has 134 valence electrons. The highest BCUT2D eigenvalue weighted by Crippen LogP contribution is 2.23. The molecule has 0 aliphatic heterocycles. The van der Waals surface area contributed by atoms with Gasteiger partial charge in [-0.2, -0.15) is 0 Å². The Bertz CT molecular complexity index is 758. The number of rotatable bonds is 6. The minimum Gasteiger partial charge on any atom is -0.481 e. The van der Waals surface area contributed by atoms with Crippen molar-refractivity contribution in [1.29, 1.82) is 0 Å². The third kappa shape index (κ3) is 4.99. The summed E-state index contributed by atoms with van der Waals surface area (Å²) in [5.41, 5.74) is 4.52. The summed E-state index contributed by atoms with van der Waals surface area (Å²) >= 11 is 6.02. The van der Waals surface area contributed by atoms with Gasteiger partial charge in [-0.05, 0) is 74.6 Å². The van der Waals surface area contributed by atoms with Crippen LogP contribution in [0, 0.1) is 20.8 Å². The van der Waals surface area contributed by atoms with E-state index in [1.165, 1.54) is 11.1 Å². The van der Waals surface area contributed by atoms with Crippen LogP contribution in [0.5, 0.6) is 5.75 Å². The Morgan fingerprint density at radius 2 is 1.80 bits per heavy atom. The van der Waals surface area contributed by atoms with Gasteiger partial charge in [0, 0.05) is 5.02 Å². The molecule has 0 heterocycles. The number of carbonyl (C=O) groups excluding carboxylic acids is 1. The molecule has 0 aliphatic rings. The van der Waals surface area contributed by atoms with Gasteiger partial charge in [-0.1, -0.05) is 36.7 Å². The summed E-state index contributed by atoms with van der Waals surface area (Å²) < 4.78 is 5.77. The van der Waals surface area contributed by atoms with Gasteiger partial charge in [-0.25, -0.2) is 0 Å². The minimum atomic E-state index is -0.582. The van der Waals surface area contributed by atoms with Crippen molar-refractivity contribution in [3.63, 3.8) is 0 Å². The molecule has 0 spiro atoms. The van der Waals surface area contributed by atoms with E-state index >= 15 is 0 Å². The van der Waals surface area contributed by atoms with Crippen molar-refractivity contribution in [2.24, 2.45) is 0 Å². The normalized spacial score (nSPS) is 13.2. The molecule has 3 nitrogen and oxygen atoms in total. The molecule has 0 saturated carbocycles. The maximum atomic E-state index is 12.5. The zero-order valence-electron chi connectivity index (χ0n) is 15.5. The number of aryl methyl sites for hydroxylation is 3. The molecule has 2 rings (SSSR count). The molecule has 2 aromatic rings. The molecular weight excluding hydrogens is 334 g/mol. The SMILES string of the molecule is CC[C@@H](NC(=O)[C@@H](C)Oc1ccc(Cl)c(C)c1)c1ccc(C)c(C)c1. The Labute approximate surface area is 155 Å². The average Bonchev–Trinajstić information content (AvgIpc) is 2.58. The molecule has 0 unspecified atom stereocenters. The molecule has 2 atom stereocenters. The monoisotopic (exact) mass is 359 g/mol. The summed E-state index contributed by atoms with van der Waals surface area (Å²) in [6, 6.07) is 11.7. The average molecular weight is 360 g/mol. The van der Waals surface area contributed by atoms with Crippen LogP contribution in [-0.4, -0.2) is 12.0 Å². The molecule has 0 fully saturated rings. The maximum Gasteiger partial charge on any atom is 0.261 e.